The molecular weight excluding hydrogens is 795 g/mol. The van der Waals surface area contributed by atoms with Crippen LogP contribution < -0.4 is 14.3 Å². The van der Waals surface area contributed by atoms with Gasteiger partial charge in [-0.1, -0.05) is 161 Å². The van der Waals surface area contributed by atoms with E-state index in [2.05, 4.69) is 211 Å². The van der Waals surface area contributed by atoms with Crippen LogP contribution in [0.3, 0.4) is 0 Å². The summed E-state index contributed by atoms with van der Waals surface area (Å²) in [5.41, 5.74) is 16.7. The van der Waals surface area contributed by atoms with Gasteiger partial charge in [-0.25, -0.2) is 0 Å². The van der Waals surface area contributed by atoms with E-state index in [1.165, 1.54) is 49.8 Å². The van der Waals surface area contributed by atoms with E-state index in [-0.39, 0.29) is 12.0 Å². The van der Waals surface area contributed by atoms with Crippen LogP contribution in [0.15, 0.2) is 175 Å². The molecule has 0 radical (unpaired) electrons. The van der Waals surface area contributed by atoms with Gasteiger partial charge in [-0.2, -0.15) is 13.7 Å². The number of benzene rings is 7. The van der Waals surface area contributed by atoms with Crippen molar-refractivity contribution in [1.82, 2.24) is 4.57 Å². The van der Waals surface area contributed by atoms with E-state index < -0.39 is 8.07 Å². The van der Waals surface area contributed by atoms with Crippen LogP contribution in [-0.4, -0.2) is 12.6 Å². The third kappa shape index (κ3) is 5.86. The Balaban J connectivity index is 1.21. The number of furan rings is 1. The molecule has 2 aliphatic rings. The Morgan fingerprint density at radius 1 is 0.719 bits per heavy atom. The fraction of sp³-hybridized carbons (Fsp3) is 0.186. The molecule has 312 valence electrons. The Labute approximate surface area is 376 Å². The second-order valence-corrected chi connectivity index (χ2v) is 24.6. The second kappa shape index (κ2) is 14.6. The van der Waals surface area contributed by atoms with Gasteiger partial charge in [0.15, 0.2) is 28.9 Å². The maximum absolute atomic E-state index is 7.13. The molecule has 0 amide bonds. The number of aromatic nitrogens is 3. The molecule has 2 unspecified atom stereocenters. The number of imidazole rings is 1. The van der Waals surface area contributed by atoms with Gasteiger partial charge in [0.2, 0.25) is 5.69 Å². The van der Waals surface area contributed by atoms with E-state index in [1.807, 2.05) is 0 Å². The SMILES string of the molecule is C=C1CC2C(CCc3ccc4c(oc5ccccc54)c3-c3n(-c4c(-c5ccccc5)ccc5ccccc45)c4ccccc4[n+]31)c1ccccc1-c1cc(C(C)C)c([Si](C)(C)C)c[n+]12. The van der Waals surface area contributed by atoms with Gasteiger partial charge in [0.05, 0.1) is 14.5 Å². The van der Waals surface area contributed by atoms with Gasteiger partial charge in [0.1, 0.15) is 22.5 Å². The predicted octanol–water partition coefficient (Wildman–Crippen LogP) is 14.1. The third-order valence-corrected chi connectivity index (χ3v) is 16.4. The van der Waals surface area contributed by atoms with Gasteiger partial charge >= 0.3 is 5.82 Å². The third-order valence-electron chi connectivity index (χ3n) is 14.4. The van der Waals surface area contributed by atoms with E-state index in [0.717, 1.165) is 75.0 Å². The van der Waals surface area contributed by atoms with E-state index >= 15 is 0 Å². The highest BCUT2D eigenvalue weighted by Crippen LogP contribution is 2.48. The van der Waals surface area contributed by atoms with E-state index in [9.17, 15) is 0 Å². The number of fused-ring (bicyclic) bond motifs is 16. The first-order valence-corrected chi connectivity index (χ1v) is 26.6. The van der Waals surface area contributed by atoms with Crippen LogP contribution >= 0.6 is 0 Å². The minimum atomic E-state index is -1.74. The van der Waals surface area contributed by atoms with E-state index in [4.69, 9.17) is 11.0 Å². The molecule has 0 bridgehead atoms. The molecule has 0 fully saturated rings. The lowest BCUT2D eigenvalue weighted by Gasteiger charge is -2.33. The zero-order valence-electron chi connectivity index (χ0n) is 37.4. The van der Waals surface area contributed by atoms with Gasteiger partial charge < -0.3 is 4.42 Å². The Hall–Kier alpha value is -6.82. The number of rotatable bonds is 4. The van der Waals surface area contributed by atoms with Crippen molar-refractivity contribution < 1.29 is 13.6 Å². The number of para-hydroxylation sites is 3. The number of nitrogens with zero attached hydrogens (tertiary/aromatic N) is 3. The van der Waals surface area contributed by atoms with Crippen LogP contribution in [0.25, 0.3) is 88.9 Å². The van der Waals surface area contributed by atoms with Crippen LogP contribution in [0.1, 0.15) is 61.3 Å². The van der Waals surface area contributed by atoms with E-state index in [1.54, 1.807) is 5.19 Å². The van der Waals surface area contributed by atoms with Gasteiger partial charge in [-0.15, -0.1) is 0 Å². The highest BCUT2D eigenvalue weighted by atomic mass is 28.3. The summed E-state index contributed by atoms with van der Waals surface area (Å²) in [5, 5.41) is 6.22. The lowest BCUT2D eigenvalue weighted by atomic mass is 9.77. The molecule has 7 aromatic carbocycles. The number of aryl methyl sites for hydroxylation is 1. The molecule has 0 spiro atoms. The molecule has 64 heavy (non-hydrogen) atoms. The first kappa shape index (κ1) is 38.8. The average molecular weight is 848 g/mol. The normalized spacial score (nSPS) is 16.2. The lowest BCUT2D eigenvalue weighted by Crippen LogP contribution is -2.54. The van der Waals surface area contributed by atoms with Gasteiger partial charge in [-0.3, -0.25) is 0 Å². The summed E-state index contributed by atoms with van der Waals surface area (Å²) < 4.78 is 14.9. The Bertz CT molecular complexity index is 3530. The summed E-state index contributed by atoms with van der Waals surface area (Å²) in [6, 6.07) is 58.5. The molecule has 12 rings (SSSR count). The maximum atomic E-state index is 7.13. The Kier molecular flexibility index (Phi) is 8.87. The van der Waals surface area contributed by atoms with Crippen molar-refractivity contribution in [3.05, 3.63) is 187 Å². The number of pyridine rings is 1. The zero-order chi connectivity index (χ0) is 43.4. The molecule has 3 aromatic heterocycles. The first-order chi connectivity index (χ1) is 31.2. The van der Waals surface area contributed by atoms with Crippen LogP contribution in [0, 0.1) is 0 Å². The molecule has 2 atom stereocenters. The quantitative estimate of drug-likeness (QED) is 0.128. The summed E-state index contributed by atoms with van der Waals surface area (Å²) in [6.07, 6.45) is 5.24. The molecule has 0 aliphatic carbocycles. The van der Waals surface area contributed by atoms with Gasteiger partial charge in [0, 0.05) is 44.5 Å². The minimum Gasteiger partial charge on any atom is -0.455 e. The van der Waals surface area contributed by atoms with Crippen molar-refractivity contribution in [2.24, 2.45) is 0 Å². The molecular formula is C59H53N3OSi+2. The van der Waals surface area contributed by atoms with Crippen molar-refractivity contribution in [3.63, 3.8) is 0 Å². The van der Waals surface area contributed by atoms with Crippen molar-refractivity contribution in [2.45, 2.75) is 70.6 Å². The number of hydrogen-bond acceptors (Lipinski definition) is 1. The largest absolute Gasteiger partial charge is 0.455 e. The van der Waals surface area contributed by atoms with Gasteiger partial charge in [0.25, 0.3) is 0 Å². The molecule has 5 heterocycles. The fourth-order valence-electron chi connectivity index (χ4n) is 11.4. The Morgan fingerprint density at radius 3 is 2.28 bits per heavy atom. The summed E-state index contributed by atoms with van der Waals surface area (Å²) in [5.74, 6) is 1.78. The molecule has 10 aromatic rings. The van der Waals surface area contributed by atoms with Gasteiger partial charge in [-0.05, 0) is 76.7 Å². The zero-order valence-corrected chi connectivity index (χ0v) is 38.4. The monoisotopic (exact) mass is 847 g/mol. The van der Waals surface area contributed by atoms with Crippen molar-refractivity contribution >= 4 is 62.7 Å². The highest BCUT2D eigenvalue weighted by molar-refractivity contribution is 6.89. The summed E-state index contributed by atoms with van der Waals surface area (Å²) in [4.78, 5) is 0. The van der Waals surface area contributed by atoms with Crippen molar-refractivity contribution in [3.8, 4) is 39.5 Å². The smallest absolute Gasteiger partial charge is 0.304 e. The molecule has 0 saturated heterocycles. The maximum Gasteiger partial charge on any atom is 0.304 e. The number of hydrogen-bond donors (Lipinski definition) is 0. The van der Waals surface area contributed by atoms with Crippen LogP contribution in [0.5, 0.6) is 0 Å². The van der Waals surface area contributed by atoms with Crippen LogP contribution in [0.2, 0.25) is 19.6 Å². The molecule has 4 nitrogen and oxygen atoms in total. The molecule has 5 heteroatoms. The minimum absolute atomic E-state index is 0.157. The number of allylic oxidation sites excluding steroid dienone is 1. The van der Waals surface area contributed by atoms with Crippen molar-refractivity contribution in [2.75, 3.05) is 0 Å². The molecule has 0 saturated carbocycles. The molecule has 0 N–H and O–H groups in total. The first-order valence-electron chi connectivity index (χ1n) is 23.1. The topological polar surface area (TPSA) is 25.8 Å². The lowest BCUT2D eigenvalue weighted by molar-refractivity contribution is -0.719. The van der Waals surface area contributed by atoms with Crippen LogP contribution in [-0.2, 0) is 6.42 Å². The summed E-state index contributed by atoms with van der Waals surface area (Å²) >= 11 is 0. The predicted molar refractivity (Wildman–Crippen MR) is 268 cm³/mol. The summed E-state index contributed by atoms with van der Waals surface area (Å²) in [7, 11) is -1.74. The van der Waals surface area contributed by atoms with Crippen LogP contribution in [0.4, 0.5) is 0 Å². The van der Waals surface area contributed by atoms with Crippen molar-refractivity contribution in [1.29, 1.82) is 0 Å². The standard InChI is InChI=1S/C59H53N3OSi/c1-37(2)49-35-53-45-23-13-12-22-44(45)46-32-29-41-30-33-48-47-24-14-17-27-54(47)63-58(48)56(41)59-61(38(3)34-52(46)60(53)36-55(49)64(4,5)6)50-25-15-16-26-51(50)62(59)57-42-21-11-10-20-40(42)28-31-43(57)39-18-8-7-9-19-39/h7-28,30-31,33,35-37,46,52H,3,29,32,34H2,1-2,4-6H3/q+2. The average Bonchev–Trinajstić information content (AvgIpc) is 3.86. The second-order valence-electron chi connectivity index (χ2n) is 19.5. The fourth-order valence-corrected chi connectivity index (χ4v) is 13.2. The molecule has 2 aliphatic heterocycles. The summed E-state index contributed by atoms with van der Waals surface area (Å²) in [6.45, 7) is 17.4. The Morgan fingerprint density at radius 2 is 1.45 bits per heavy atom. The highest BCUT2D eigenvalue weighted by Gasteiger charge is 2.45. The van der Waals surface area contributed by atoms with E-state index in [0.29, 0.717) is 5.92 Å².